The zero-order valence-electron chi connectivity index (χ0n) is 13.3. The van der Waals surface area contributed by atoms with E-state index in [-0.39, 0.29) is 5.97 Å². The van der Waals surface area contributed by atoms with Gasteiger partial charge in [0.15, 0.2) is 0 Å². The van der Waals surface area contributed by atoms with Crippen LogP contribution in [0.1, 0.15) is 90.4 Å². The molecule has 0 atom stereocenters. The molecule has 0 aliphatic carbocycles. The largest absolute Gasteiger partial charge is 0.465 e. The Balaban J connectivity index is 2.97. The van der Waals surface area contributed by atoms with Gasteiger partial charge in [-0.2, -0.15) is 0 Å². The summed E-state index contributed by atoms with van der Waals surface area (Å²) >= 11 is 3.08. The number of ether oxygens (including phenoxy) is 1. The molecule has 0 spiro atoms. The summed E-state index contributed by atoms with van der Waals surface area (Å²) in [6, 6.07) is 0. The molecule has 0 unspecified atom stereocenters. The molecular formula is C17H33BrO2. The van der Waals surface area contributed by atoms with Crippen LogP contribution in [0, 0.1) is 0 Å². The molecule has 3 heteroatoms. The van der Waals surface area contributed by atoms with Gasteiger partial charge in [0.2, 0.25) is 0 Å². The highest BCUT2D eigenvalue weighted by Gasteiger charge is 1.98. The average Bonchev–Trinajstić information content (AvgIpc) is 2.47. The topological polar surface area (TPSA) is 26.3 Å². The zero-order chi connectivity index (χ0) is 14.9. The third-order valence-electron chi connectivity index (χ3n) is 3.62. The molecule has 20 heavy (non-hydrogen) atoms. The Morgan fingerprint density at radius 2 is 1.15 bits per heavy atom. The highest BCUT2D eigenvalue weighted by Crippen LogP contribution is 2.12. The summed E-state index contributed by atoms with van der Waals surface area (Å²) in [7, 11) is 0. The number of halogens is 1. The van der Waals surface area contributed by atoms with Gasteiger partial charge in [0.05, 0.1) is 6.61 Å². The minimum absolute atomic E-state index is 0.149. The van der Waals surface area contributed by atoms with Crippen molar-refractivity contribution < 1.29 is 9.53 Å². The lowest BCUT2D eigenvalue weighted by molar-refractivity contribution is -0.140. The van der Waals surface area contributed by atoms with Gasteiger partial charge in [-0.05, 0) is 6.42 Å². The number of hydrogen-bond acceptors (Lipinski definition) is 2. The van der Waals surface area contributed by atoms with Crippen molar-refractivity contribution in [3.63, 3.8) is 0 Å². The molecule has 0 rings (SSSR count). The van der Waals surface area contributed by atoms with Crippen LogP contribution < -0.4 is 0 Å². The lowest BCUT2D eigenvalue weighted by Gasteiger charge is -2.04. The molecule has 0 aromatic heterocycles. The molecule has 0 fully saturated rings. The summed E-state index contributed by atoms with van der Waals surface area (Å²) in [5, 5.41) is 0.311. The van der Waals surface area contributed by atoms with Gasteiger partial charge in [-0.25, -0.2) is 0 Å². The zero-order valence-corrected chi connectivity index (χ0v) is 14.9. The first-order valence-electron chi connectivity index (χ1n) is 8.52. The Hall–Kier alpha value is -0.0500. The van der Waals surface area contributed by atoms with Crippen LogP contribution in [0.15, 0.2) is 0 Å². The molecule has 0 aromatic carbocycles. The lowest BCUT2D eigenvalue weighted by atomic mass is 10.0. The molecule has 0 radical (unpaired) electrons. The fourth-order valence-corrected chi connectivity index (χ4v) is 2.51. The van der Waals surface area contributed by atoms with Crippen molar-refractivity contribution in [1.82, 2.24) is 0 Å². The van der Waals surface area contributed by atoms with E-state index in [9.17, 15) is 4.79 Å². The second-order valence-corrected chi connectivity index (χ2v) is 6.16. The van der Waals surface area contributed by atoms with Gasteiger partial charge in [0.1, 0.15) is 5.33 Å². The van der Waals surface area contributed by atoms with E-state index in [2.05, 4.69) is 22.9 Å². The van der Waals surface area contributed by atoms with Gasteiger partial charge in [-0.3, -0.25) is 4.79 Å². The molecule has 0 N–H and O–H groups in total. The Morgan fingerprint density at radius 3 is 1.55 bits per heavy atom. The molecular weight excluding hydrogens is 316 g/mol. The molecule has 0 heterocycles. The predicted molar refractivity (Wildman–Crippen MR) is 90.4 cm³/mol. The maximum atomic E-state index is 10.9. The molecule has 0 bridgehead atoms. The Labute approximate surface area is 134 Å². The van der Waals surface area contributed by atoms with E-state index in [4.69, 9.17) is 4.74 Å². The smallest absolute Gasteiger partial charge is 0.316 e. The van der Waals surface area contributed by atoms with E-state index in [0.717, 1.165) is 6.42 Å². The normalized spacial score (nSPS) is 10.7. The fourth-order valence-electron chi connectivity index (χ4n) is 2.34. The van der Waals surface area contributed by atoms with Gasteiger partial charge in [0, 0.05) is 0 Å². The second kappa shape index (κ2) is 17.0. The van der Waals surface area contributed by atoms with Crippen molar-refractivity contribution in [2.75, 3.05) is 11.9 Å². The van der Waals surface area contributed by atoms with Crippen molar-refractivity contribution in [2.24, 2.45) is 0 Å². The summed E-state index contributed by atoms with van der Waals surface area (Å²) < 4.78 is 5.01. The second-order valence-electron chi connectivity index (χ2n) is 5.60. The van der Waals surface area contributed by atoms with Crippen LogP contribution in [-0.2, 0) is 9.53 Å². The highest BCUT2D eigenvalue weighted by molar-refractivity contribution is 9.09. The summed E-state index contributed by atoms with van der Waals surface area (Å²) in [4.78, 5) is 10.9. The minimum Gasteiger partial charge on any atom is -0.465 e. The van der Waals surface area contributed by atoms with Gasteiger partial charge in [0.25, 0.3) is 0 Å². The molecule has 0 aliphatic heterocycles. The van der Waals surface area contributed by atoms with Crippen LogP contribution in [-0.4, -0.2) is 17.9 Å². The van der Waals surface area contributed by atoms with Crippen molar-refractivity contribution in [1.29, 1.82) is 0 Å². The number of rotatable bonds is 15. The van der Waals surface area contributed by atoms with Crippen LogP contribution in [0.4, 0.5) is 0 Å². The first-order chi connectivity index (χ1) is 9.81. The van der Waals surface area contributed by atoms with Crippen molar-refractivity contribution in [3.8, 4) is 0 Å². The van der Waals surface area contributed by atoms with E-state index >= 15 is 0 Å². The first kappa shape index (κ1) is 19.9. The van der Waals surface area contributed by atoms with E-state index in [1.165, 1.54) is 77.0 Å². The summed E-state index contributed by atoms with van der Waals surface area (Å²) in [5.41, 5.74) is 0. The fraction of sp³-hybridized carbons (Fsp3) is 0.941. The average molecular weight is 349 g/mol. The summed E-state index contributed by atoms with van der Waals surface area (Å²) in [6.07, 6.45) is 17.5. The Bertz CT molecular complexity index is 207. The number of hydrogen-bond donors (Lipinski definition) is 0. The molecule has 0 aliphatic rings. The number of carbonyl (C=O) groups excluding carboxylic acids is 1. The monoisotopic (exact) mass is 348 g/mol. The van der Waals surface area contributed by atoms with Gasteiger partial charge < -0.3 is 4.74 Å². The standard InChI is InChI=1S/C17H33BrO2/c1-2-3-4-5-6-7-8-9-10-11-12-13-14-15-20-17(19)16-18/h2-16H2,1H3. The lowest BCUT2D eigenvalue weighted by Crippen LogP contribution is -2.06. The SMILES string of the molecule is CCCCCCCCCCCCCCCOC(=O)CBr. The first-order valence-corrected chi connectivity index (χ1v) is 9.65. The van der Waals surface area contributed by atoms with Gasteiger partial charge in [-0.15, -0.1) is 0 Å². The Morgan fingerprint density at radius 1 is 0.750 bits per heavy atom. The van der Waals surface area contributed by atoms with E-state index < -0.39 is 0 Å². The maximum absolute atomic E-state index is 10.9. The van der Waals surface area contributed by atoms with Crippen LogP contribution in [0.5, 0.6) is 0 Å². The Kier molecular flexibility index (Phi) is 17.0. The van der Waals surface area contributed by atoms with Gasteiger partial charge >= 0.3 is 5.97 Å². The van der Waals surface area contributed by atoms with Crippen molar-refractivity contribution in [3.05, 3.63) is 0 Å². The van der Waals surface area contributed by atoms with Gasteiger partial charge in [-0.1, -0.05) is 99.9 Å². The van der Waals surface area contributed by atoms with Crippen molar-refractivity contribution in [2.45, 2.75) is 90.4 Å². The van der Waals surface area contributed by atoms with Crippen LogP contribution >= 0.6 is 15.9 Å². The number of esters is 1. The quantitative estimate of drug-likeness (QED) is 0.205. The number of unbranched alkanes of at least 4 members (excludes halogenated alkanes) is 12. The summed E-state index contributed by atoms with van der Waals surface area (Å²) in [5.74, 6) is -0.149. The maximum Gasteiger partial charge on any atom is 0.316 e. The summed E-state index contributed by atoms with van der Waals surface area (Å²) in [6.45, 7) is 2.86. The molecule has 0 amide bonds. The van der Waals surface area contributed by atoms with Crippen LogP contribution in [0.3, 0.4) is 0 Å². The third-order valence-corrected chi connectivity index (χ3v) is 4.08. The third kappa shape index (κ3) is 16.0. The molecule has 0 aromatic rings. The number of alkyl halides is 1. The molecule has 120 valence electrons. The number of carbonyl (C=O) groups is 1. The highest BCUT2D eigenvalue weighted by atomic mass is 79.9. The molecule has 2 nitrogen and oxygen atoms in total. The molecule has 0 saturated carbocycles. The minimum atomic E-state index is -0.149. The van der Waals surface area contributed by atoms with E-state index in [1.807, 2.05) is 0 Å². The van der Waals surface area contributed by atoms with E-state index in [0.29, 0.717) is 11.9 Å². The van der Waals surface area contributed by atoms with E-state index in [1.54, 1.807) is 0 Å². The van der Waals surface area contributed by atoms with Crippen molar-refractivity contribution >= 4 is 21.9 Å². The van der Waals surface area contributed by atoms with Crippen LogP contribution in [0.25, 0.3) is 0 Å². The van der Waals surface area contributed by atoms with Crippen LogP contribution in [0.2, 0.25) is 0 Å². The predicted octanol–water partition coefficient (Wildman–Crippen LogP) is 6.02. The molecule has 0 saturated heterocycles.